The quantitative estimate of drug-likeness (QED) is 0.654. The molecule has 0 aromatic carbocycles. The van der Waals surface area contributed by atoms with Gasteiger partial charge in [0.05, 0.1) is 12.4 Å². The second-order valence-corrected chi connectivity index (χ2v) is 5.24. The van der Waals surface area contributed by atoms with Crippen LogP contribution < -0.4 is 0 Å². The molecule has 82 valence electrons. The van der Waals surface area contributed by atoms with E-state index in [0.717, 1.165) is 18.2 Å². The Labute approximate surface area is 93.1 Å². The Kier molecular flexibility index (Phi) is 2.54. The zero-order valence-corrected chi connectivity index (χ0v) is 9.33. The van der Waals surface area contributed by atoms with Gasteiger partial charge in [-0.15, -0.1) is 0 Å². The van der Waals surface area contributed by atoms with Gasteiger partial charge in [0, 0.05) is 12.6 Å². The van der Waals surface area contributed by atoms with E-state index in [4.69, 9.17) is 4.74 Å². The van der Waals surface area contributed by atoms with Crippen LogP contribution in [0.1, 0.15) is 12.8 Å². The van der Waals surface area contributed by atoms with Crippen LogP contribution in [0.2, 0.25) is 0 Å². The van der Waals surface area contributed by atoms with Crippen molar-refractivity contribution in [2.24, 2.45) is 4.99 Å². The first-order valence-corrected chi connectivity index (χ1v) is 6.41. The summed E-state index contributed by atoms with van der Waals surface area (Å²) in [7, 11) is 0. The fourth-order valence-electron chi connectivity index (χ4n) is 2.45. The van der Waals surface area contributed by atoms with Gasteiger partial charge in [-0.25, -0.2) is 4.99 Å². The molecule has 2 saturated heterocycles. The van der Waals surface area contributed by atoms with Crippen LogP contribution in [0.5, 0.6) is 0 Å². The number of fused-ring (bicyclic) bond motifs is 1. The van der Waals surface area contributed by atoms with Crippen LogP contribution in [0.15, 0.2) is 4.99 Å². The molecule has 3 aliphatic rings. The van der Waals surface area contributed by atoms with Gasteiger partial charge in [0.2, 0.25) is 0 Å². The van der Waals surface area contributed by atoms with E-state index in [0.29, 0.717) is 11.8 Å². The fourth-order valence-corrected chi connectivity index (χ4v) is 3.29. The highest BCUT2D eigenvalue weighted by Gasteiger charge is 2.35. The number of rotatable bonds is 1. The van der Waals surface area contributed by atoms with Gasteiger partial charge in [0.25, 0.3) is 5.91 Å². The van der Waals surface area contributed by atoms with Gasteiger partial charge < -0.3 is 4.74 Å². The molecule has 2 fully saturated rings. The Hall–Kier alpha value is -0.390. The van der Waals surface area contributed by atoms with E-state index in [9.17, 15) is 4.79 Å². The van der Waals surface area contributed by atoms with Crippen molar-refractivity contribution in [1.29, 1.82) is 0 Å². The third kappa shape index (κ3) is 1.84. The molecule has 15 heavy (non-hydrogen) atoms. The lowest BCUT2D eigenvalue weighted by Crippen LogP contribution is -2.48. The number of amides is 1. The number of carbonyl (C=O) groups excluding carboxylic acids is 1. The molecule has 0 aromatic heterocycles. The zero-order chi connectivity index (χ0) is 10.3. The van der Waals surface area contributed by atoms with Crippen molar-refractivity contribution >= 4 is 22.7 Å². The van der Waals surface area contributed by atoms with Crippen LogP contribution in [-0.2, 0) is 9.53 Å². The van der Waals surface area contributed by atoms with Crippen molar-refractivity contribution in [1.82, 2.24) is 4.90 Å². The summed E-state index contributed by atoms with van der Waals surface area (Å²) < 4.78 is 5.78. The molecule has 1 amide bonds. The van der Waals surface area contributed by atoms with Crippen LogP contribution in [0.4, 0.5) is 0 Å². The lowest BCUT2D eigenvalue weighted by atomic mass is 10.2. The van der Waals surface area contributed by atoms with Gasteiger partial charge in [0.1, 0.15) is 11.1 Å². The van der Waals surface area contributed by atoms with Crippen molar-refractivity contribution in [2.75, 3.05) is 25.4 Å². The summed E-state index contributed by atoms with van der Waals surface area (Å²) in [4.78, 5) is 17.5. The Morgan fingerprint density at radius 3 is 3.27 bits per heavy atom. The van der Waals surface area contributed by atoms with E-state index < -0.39 is 0 Å². The van der Waals surface area contributed by atoms with Crippen molar-refractivity contribution in [2.45, 2.75) is 25.0 Å². The molecule has 0 aliphatic carbocycles. The van der Waals surface area contributed by atoms with Crippen LogP contribution in [-0.4, -0.2) is 53.4 Å². The zero-order valence-electron chi connectivity index (χ0n) is 8.52. The minimum absolute atomic E-state index is 0.0119. The minimum Gasteiger partial charge on any atom is -0.368 e. The number of carbonyl (C=O) groups is 1. The number of hydrogen-bond donors (Lipinski definition) is 0. The van der Waals surface area contributed by atoms with Gasteiger partial charge in [-0.3, -0.25) is 9.69 Å². The highest BCUT2D eigenvalue weighted by atomic mass is 32.2. The molecule has 0 aromatic rings. The Morgan fingerprint density at radius 1 is 1.53 bits per heavy atom. The molecule has 3 aliphatic heterocycles. The number of aliphatic imine (C=N–C) groups is 1. The summed E-state index contributed by atoms with van der Waals surface area (Å²) >= 11 is 1.54. The maximum absolute atomic E-state index is 11.0. The molecule has 0 saturated carbocycles. The van der Waals surface area contributed by atoms with E-state index in [1.165, 1.54) is 31.1 Å². The van der Waals surface area contributed by atoms with Crippen LogP contribution >= 0.6 is 11.8 Å². The van der Waals surface area contributed by atoms with Crippen molar-refractivity contribution < 1.29 is 9.53 Å². The number of thioether (sulfide) groups is 1. The summed E-state index contributed by atoms with van der Waals surface area (Å²) in [6.45, 7) is 2.90. The predicted octanol–water partition coefficient (Wildman–Crippen LogP) is 0.522. The third-order valence-electron chi connectivity index (χ3n) is 3.24. The van der Waals surface area contributed by atoms with Gasteiger partial charge in [-0.05, 0) is 19.4 Å². The van der Waals surface area contributed by atoms with E-state index in [1.54, 1.807) is 0 Å². The molecule has 5 heteroatoms. The molecule has 2 atom stereocenters. The second kappa shape index (κ2) is 3.88. The highest BCUT2D eigenvalue weighted by Crippen LogP contribution is 2.26. The molecule has 0 radical (unpaired) electrons. The maximum Gasteiger partial charge on any atom is 0.256 e. The van der Waals surface area contributed by atoms with Crippen molar-refractivity contribution in [3.63, 3.8) is 0 Å². The fraction of sp³-hybridized carbons (Fsp3) is 0.800. The summed E-state index contributed by atoms with van der Waals surface area (Å²) in [5.41, 5.74) is 0. The van der Waals surface area contributed by atoms with Crippen molar-refractivity contribution in [3.8, 4) is 0 Å². The summed E-state index contributed by atoms with van der Waals surface area (Å²) in [6, 6.07) is 0.615. The number of hydrogen-bond acceptors (Lipinski definition) is 4. The molecule has 3 rings (SSSR count). The first-order chi connectivity index (χ1) is 7.33. The highest BCUT2D eigenvalue weighted by molar-refractivity contribution is 8.15. The standard InChI is InChI=1S/C10H14N2O2S/c13-9-6-15-10(11-9)8-4-12-3-1-2-7(12)5-14-8/h7-8H,1-6H2. The van der Waals surface area contributed by atoms with Crippen LogP contribution in [0.3, 0.4) is 0 Å². The molecule has 0 N–H and O–H groups in total. The molecular weight excluding hydrogens is 212 g/mol. The number of nitrogens with zero attached hydrogens (tertiary/aromatic N) is 2. The summed E-state index contributed by atoms with van der Waals surface area (Å²) in [6.07, 6.45) is 2.58. The Bertz CT molecular complexity index is 319. The Balaban J connectivity index is 1.68. The van der Waals surface area contributed by atoms with Crippen LogP contribution in [0, 0.1) is 0 Å². The minimum atomic E-state index is -0.0119. The first kappa shape index (κ1) is 9.81. The normalized spacial score (nSPS) is 36.8. The number of ether oxygens (including phenoxy) is 1. The Morgan fingerprint density at radius 2 is 2.47 bits per heavy atom. The molecule has 2 unspecified atom stereocenters. The second-order valence-electron chi connectivity index (χ2n) is 4.25. The van der Waals surface area contributed by atoms with Gasteiger partial charge in [-0.2, -0.15) is 0 Å². The molecule has 3 heterocycles. The topological polar surface area (TPSA) is 41.9 Å². The molecule has 0 bridgehead atoms. The average molecular weight is 226 g/mol. The molecule has 0 spiro atoms. The smallest absolute Gasteiger partial charge is 0.256 e. The van der Waals surface area contributed by atoms with Crippen LogP contribution in [0.25, 0.3) is 0 Å². The van der Waals surface area contributed by atoms with Crippen molar-refractivity contribution in [3.05, 3.63) is 0 Å². The molecular formula is C10H14N2O2S. The number of morpholine rings is 1. The van der Waals surface area contributed by atoms with E-state index >= 15 is 0 Å². The summed E-state index contributed by atoms with van der Waals surface area (Å²) in [5.74, 6) is 0.487. The largest absolute Gasteiger partial charge is 0.368 e. The van der Waals surface area contributed by atoms with Gasteiger partial charge in [-0.1, -0.05) is 11.8 Å². The monoisotopic (exact) mass is 226 g/mol. The third-order valence-corrected chi connectivity index (χ3v) is 4.28. The maximum atomic E-state index is 11.0. The predicted molar refractivity (Wildman–Crippen MR) is 59.2 cm³/mol. The van der Waals surface area contributed by atoms with E-state index in [2.05, 4.69) is 9.89 Å². The van der Waals surface area contributed by atoms with Gasteiger partial charge in [0.15, 0.2) is 0 Å². The lowest BCUT2D eigenvalue weighted by Gasteiger charge is -2.34. The van der Waals surface area contributed by atoms with Gasteiger partial charge >= 0.3 is 0 Å². The molecule has 4 nitrogen and oxygen atoms in total. The summed E-state index contributed by atoms with van der Waals surface area (Å²) in [5, 5.41) is 0.894. The SMILES string of the molecule is O=C1CSC(C2CN3CCCC3CO2)=N1. The van der Waals surface area contributed by atoms with E-state index in [-0.39, 0.29) is 12.0 Å². The first-order valence-electron chi connectivity index (χ1n) is 5.43. The average Bonchev–Trinajstić information content (AvgIpc) is 2.84. The lowest BCUT2D eigenvalue weighted by molar-refractivity contribution is -0.115. The van der Waals surface area contributed by atoms with E-state index in [1.807, 2.05) is 0 Å².